The quantitative estimate of drug-likeness (QED) is 0.819. The van der Waals surface area contributed by atoms with Crippen LogP contribution in [-0.2, 0) is 16.0 Å². The molecule has 0 bridgehead atoms. The van der Waals surface area contributed by atoms with Crippen LogP contribution in [0, 0.1) is 0 Å². The van der Waals surface area contributed by atoms with Crippen LogP contribution in [0.15, 0.2) is 12.1 Å². The monoisotopic (exact) mass is 237 g/mol. The van der Waals surface area contributed by atoms with Crippen molar-refractivity contribution in [1.82, 2.24) is 0 Å². The van der Waals surface area contributed by atoms with Crippen molar-refractivity contribution in [2.45, 2.75) is 13.3 Å². The summed E-state index contributed by atoms with van der Waals surface area (Å²) in [6, 6.07) is 3.14. The first-order chi connectivity index (χ1) is 8.06. The minimum atomic E-state index is -0.976. The first kappa shape index (κ1) is 11.3. The molecule has 90 valence electrons. The van der Waals surface area contributed by atoms with E-state index in [1.807, 2.05) is 0 Å². The molecule has 6 nitrogen and oxygen atoms in total. The van der Waals surface area contributed by atoms with E-state index < -0.39 is 5.97 Å². The van der Waals surface area contributed by atoms with Crippen molar-refractivity contribution in [2.75, 3.05) is 12.1 Å². The van der Waals surface area contributed by atoms with Crippen molar-refractivity contribution >= 4 is 17.6 Å². The number of hydrogen-bond acceptors (Lipinski definition) is 4. The van der Waals surface area contributed by atoms with Crippen LogP contribution >= 0.6 is 0 Å². The normalized spacial score (nSPS) is 12.3. The maximum atomic E-state index is 11.0. The standard InChI is InChI=1S/C11H11NO5/c1-6(13)12-8-4-10-9(16-5-17-10)2-7(8)3-11(14)15/h2,4H,3,5H2,1H3,(H,12,13)(H,14,15). The Labute approximate surface area is 97.1 Å². The van der Waals surface area contributed by atoms with Gasteiger partial charge in [-0.3, -0.25) is 9.59 Å². The van der Waals surface area contributed by atoms with Crippen molar-refractivity contribution in [3.8, 4) is 11.5 Å². The Hall–Kier alpha value is -2.24. The minimum absolute atomic E-state index is 0.103. The number of anilines is 1. The third-order valence-electron chi connectivity index (χ3n) is 2.25. The van der Waals surface area contributed by atoms with E-state index >= 15 is 0 Å². The fourth-order valence-corrected chi connectivity index (χ4v) is 1.60. The first-order valence-corrected chi connectivity index (χ1v) is 4.98. The summed E-state index contributed by atoms with van der Waals surface area (Å²) in [6.45, 7) is 1.46. The van der Waals surface area contributed by atoms with Gasteiger partial charge in [-0.05, 0) is 11.6 Å². The SMILES string of the molecule is CC(=O)Nc1cc2c(cc1CC(=O)O)OCO2. The number of benzene rings is 1. The molecule has 1 amide bonds. The molecule has 0 atom stereocenters. The largest absolute Gasteiger partial charge is 0.481 e. The van der Waals surface area contributed by atoms with Gasteiger partial charge >= 0.3 is 5.97 Å². The third kappa shape index (κ3) is 2.47. The third-order valence-corrected chi connectivity index (χ3v) is 2.25. The van der Waals surface area contributed by atoms with E-state index in [-0.39, 0.29) is 19.1 Å². The van der Waals surface area contributed by atoms with E-state index in [1.54, 1.807) is 12.1 Å². The highest BCUT2D eigenvalue weighted by Gasteiger charge is 2.18. The number of ether oxygens (including phenoxy) is 2. The van der Waals surface area contributed by atoms with E-state index in [2.05, 4.69) is 5.32 Å². The van der Waals surface area contributed by atoms with Gasteiger partial charge in [0.05, 0.1) is 6.42 Å². The maximum Gasteiger partial charge on any atom is 0.307 e. The second-order valence-corrected chi connectivity index (χ2v) is 3.61. The molecule has 0 aliphatic carbocycles. The number of carboxylic acid groups (broad SMARTS) is 1. The van der Waals surface area contributed by atoms with Crippen LogP contribution in [0.5, 0.6) is 11.5 Å². The second kappa shape index (κ2) is 4.32. The Kier molecular flexibility index (Phi) is 2.86. The molecule has 1 aliphatic rings. The van der Waals surface area contributed by atoms with Gasteiger partial charge in [0.1, 0.15) is 0 Å². The molecule has 0 radical (unpaired) electrons. The predicted octanol–water partition coefficient (Wildman–Crippen LogP) is 1.00. The Balaban J connectivity index is 2.39. The molecule has 0 aromatic heterocycles. The fraction of sp³-hybridized carbons (Fsp3) is 0.273. The van der Waals surface area contributed by atoms with E-state index in [4.69, 9.17) is 14.6 Å². The maximum absolute atomic E-state index is 11.0. The Bertz CT molecular complexity index is 440. The zero-order chi connectivity index (χ0) is 12.4. The van der Waals surface area contributed by atoms with E-state index in [9.17, 15) is 9.59 Å². The molecular formula is C11H11NO5. The molecule has 0 saturated heterocycles. The number of nitrogens with one attached hydrogen (secondary N) is 1. The summed E-state index contributed by atoms with van der Waals surface area (Å²) in [5.74, 6) is -0.246. The Morgan fingerprint density at radius 2 is 2.00 bits per heavy atom. The van der Waals surface area contributed by atoms with Gasteiger partial charge in [0.2, 0.25) is 12.7 Å². The van der Waals surface area contributed by atoms with Crippen LogP contribution in [-0.4, -0.2) is 23.8 Å². The lowest BCUT2D eigenvalue weighted by atomic mass is 10.1. The number of fused-ring (bicyclic) bond motifs is 1. The summed E-state index contributed by atoms with van der Waals surface area (Å²) in [4.78, 5) is 21.7. The van der Waals surface area contributed by atoms with Crippen LogP contribution in [0.2, 0.25) is 0 Å². The van der Waals surface area contributed by atoms with Gasteiger partial charge in [-0.25, -0.2) is 0 Å². The average Bonchev–Trinajstić information content (AvgIpc) is 2.63. The smallest absolute Gasteiger partial charge is 0.307 e. The number of amides is 1. The highest BCUT2D eigenvalue weighted by molar-refractivity contribution is 5.91. The first-order valence-electron chi connectivity index (χ1n) is 4.98. The lowest BCUT2D eigenvalue weighted by Crippen LogP contribution is -2.10. The molecule has 0 unspecified atom stereocenters. The average molecular weight is 237 g/mol. The van der Waals surface area contributed by atoms with Crippen molar-refractivity contribution in [3.63, 3.8) is 0 Å². The van der Waals surface area contributed by atoms with Crippen molar-refractivity contribution in [3.05, 3.63) is 17.7 Å². The molecule has 17 heavy (non-hydrogen) atoms. The molecular weight excluding hydrogens is 226 g/mol. The summed E-state index contributed by atoms with van der Waals surface area (Å²) in [5, 5.41) is 11.4. The van der Waals surface area contributed by atoms with Crippen LogP contribution in [0.4, 0.5) is 5.69 Å². The van der Waals surface area contributed by atoms with Gasteiger partial charge in [-0.1, -0.05) is 0 Å². The fourth-order valence-electron chi connectivity index (χ4n) is 1.60. The van der Waals surface area contributed by atoms with Gasteiger partial charge in [0.25, 0.3) is 0 Å². The number of aliphatic carboxylic acids is 1. The molecule has 0 spiro atoms. The van der Waals surface area contributed by atoms with Crippen LogP contribution < -0.4 is 14.8 Å². The van der Waals surface area contributed by atoms with Crippen molar-refractivity contribution in [1.29, 1.82) is 0 Å². The summed E-state index contributed by atoms with van der Waals surface area (Å²) < 4.78 is 10.3. The number of carboxylic acids is 1. The van der Waals surface area contributed by atoms with Gasteiger partial charge in [0, 0.05) is 18.7 Å². The number of carbonyl (C=O) groups is 2. The second-order valence-electron chi connectivity index (χ2n) is 3.61. The van der Waals surface area contributed by atoms with E-state index in [0.717, 1.165) is 0 Å². The minimum Gasteiger partial charge on any atom is -0.481 e. The summed E-state index contributed by atoms with van der Waals surface area (Å²) in [7, 11) is 0. The molecule has 1 aromatic rings. The topological polar surface area (TPSA) is 84.9 Å². The highest BCUT2D eigenvalue weighted by atomic mass is 16.7. The molecule has 1 aromatic carbocycles. The van der Waals surface area contributed by atoms with Gasteiger partial charge in [0.15, 0.2) is 11.5 Å². The van der Waals surface area contributed by atoms with Gasteiger partial charge in [-0.2, -0.15) is 0 Å². The summed E-state index contributed by atoms with van der Waals surface area (Å²) in [6.07, 6.45) is -0.188. The summed E-state index contributed by atoms with van der Waals surface area (Å²) in [5.41, 5.74) is 0.918. The summed E-state index contributed by atoms with van der Waals surface area (Å²) >= 11 is 0. The molecule has 2 rings (SSSR count). The zero-order valence-corrected chi connectivity index (χ0v) is 9.15. The predicted molar refractivity (Wildman–Crippen MR) is 58.2 cm³/mol. The number of carbonyl (C=O) groups excluding carboxylic acids is 1. The number of rotatable bonds is 3. The highest BCUT2D eigenvalue weighted by Crippen LogP contribution is 2.37. The molecule has 1 aliphatic heterocycles. The van der Waals surface area contributed by atoms with Gasteiger partial charge < -0.3 is 19.9 Å². The van der Waals surface area contributed by atoms with Crippen LogP contribution in [0.25, 0.3) is 0 Å². The molecule has 2 N–H and O–H groups in total. The Morgan fingerprint density at radius 1 is 1.35 bits per heavy atom. The molecule has 0 fully saturated rings. The molecule has 0 saturated carbocycles. The van der Waals surface area contributed by atoms with Gasteiger partial charge in [-0.15, -0.1) is 0 Å². The molecule has 6 heteroatoms. The van der Waals surface area contributed by atoms with Crippen LogP contribution in [0.1, 0.15) is 12.5 Å². The Morgan fingerprint density at radius 3 is 2.59 bits per heavy atom. The van der Waals surface area contributed by atoms with Crippen molar-refractivity contribution < 1.29 is 24.2 Å². The van der Waals surface area contributed by atoms with E-state index in [0.29, 0.717) is 22.7 Å². The number of hydrogen-bond donors (Lipinski definition) is 2. The van der Waals surface area contributed by atoms with E-state index in [1.165, 1.54) is 6.92 Å². The lowest BCUT2D eigenvalue weighted by Gasteiger charge is -2.09. The zero-order valence-electron chi connectivity index (χ0n) is 9.15. The van der Waals surface area contributed by atoms with Crippen LogP contribution in [0.3, 0.4) is 0 Å². The lowest BCUT2D eigenvalue weighted by molar-refractivity contribution is -0.136. The van der Waals surface area contributed by atoms with Crippen molar-refractivity contribution in [2.24, 2.45) is 0 Å². The molecule has 1 heterocycles.